The van der Waals surface area contributed by atoms with E-state index in [1.807, 2.05) is 0 Å². The second kappa shape index (κ2) is 7.79. The summed E-state index contributed by atoms with van der Waals surface area (Å²) in [6, 6.07) is 3.22. The van der Waals surface area contributed by atoms with Crippen LogP contribution in [0.15, 0.2) is 23.1 Å². The largest absolute Gasteiger partial charge is 0.396 e. The van der Waals surface area contributed by atoms with Crippen LogP contribution in [-0.4, -0.2) is 26.7 Å². The van der Waals surface area contributed by atoms with Gasteiger partial charge >= 0.3 is 0 Å². The number of unbranched alkanes of at least 4 members (excludes halogenated alkanes) is 3. The van der Waals surface area contributed by atoms with Gasteiger partial charge in [0.15, 0.2) is 0 Å². The lowest BCUT2D eigenvalue weighted by Gasteiger charge is -2.08. The summed E-state index contributed by atoms with van der Waals surface area (Å²) in [5.74, 6) is -0.646. The average Bonchev–Trinajstić information content (AvgIpc) is 2.36. The summed E-state index contributed by atoms with van der Waals surface area (Å²) in [4.78, 5) is -0.246. The normalized spacial score (nSPS) is 11.7. The van der Waals surface area contributed by atoms with Crippen LogP contribution in [0.1, 0.15) is 25.7 Å². The quantitative estimate of drug-likeness (QED) is 0.724. The number of aliphatic hydroxyl groups excluding tert-OH is 1. The van der Waals surface area contributed by atoms with Crippen LogP contribution >= 0.6 is 11.6 Å². The van der Waals surface area contributed by atoms with E-state index in [2.05, 4.69) is 4.72 Å². The minimum absolute atomic E-state index is 0.00539. The smallest absolute Gasteiger partial charge is 0.242 e. The molecule has 0 radical (unpaired) electrons. The lowest BCUT2D eigenvalue weighted by Crippen LogP contribution is -2.25. The van der Waals surface area contributed by atoms with Gasteiger partial charge in [0.25, 0.3) is 0 Å². The molecule has 0 aliphatic carbocycles. The van der Waals surface area contributed by atoms with E-state index in [0.29, 0.717) is 12.8 Å². The number of hydrogen-bond acceptors (Lipinski definition) is 3. The van der Waals surface area contributed by atoms with E-state index in [1.54, 1.807) is 0 Å². The Kier molecular flexibility index (Phi) is 6.71. The molecule has 0 aliphatic heterocycles. The van der Waals surface area contributed by atoms with Gasteiger partial charge in [-0.25, -0.2) is 17.5 Å². The van der Waals surface area contributed by atoms with Crippen molar-refractivity contribution in [3.05, 3.63) is 29.0 Å². The molecule has 0 spiro atoms. The molecule has 4 nitrogen and oxygen atoms in total. The highest BCUT2D eigenvalue weighted by Crippen LogP contribution is 2.21. The monoisotopic (exact) mass is 309 g/mol. The van der Waals surface area contributed by atoms with Crippen LogP contribution in [-0.2, 0) is 10.0 Å². The van der Waals surface area contributed by atoms with E-state index in [1.165, 1.54) is 6.07 Å². The number of halogens is 2. The van der Waals surface area contributed by atoms with Gasteiger partial charge in [0.05, 0.1) is 5.02 Å². The number of sulfonamides is 1. The Hall–Kier alpha value is -0.690. The van der Waals surface area contributed by atoms with E-state index < -0.39 is 15.8 Å². The summed E-state index contributed by atoms with van der Waals surface area (Å²) in [5.41, 5.74) is 0. The fourth-order valence-electron chi connectivity index (χ4n) is 1.56. The van der Waals surface area contributed by atoms with E-state index >= 15 is 0 Å². The van der Waals surface area contributed by atoms with E-state index in [9.17, 15) is 12.8 Å². The van der Waals surface area contributed by atoms with Crippen LogP contribution in [0, 0.1) is 5.82 Å². The summed E-state index contributed by atoms with van der Waals surface area (Å²) < 4.78 is 39.2. The molecule has 0 atom stereocenters. The molecule has 19 heavy (non-hydrogen) atoms. The highest BCUT2D eigenvalue weighted by Gasteiger charge is 2.17. The Bertz CT molecular complexity index is 508. The van der Waals surface area contributed by atoms with Gasteiger partial charge in [-0.2, -0.15) is 0 Å². The molecular formula is C12H17ClFNO3S. The first-order valence-electron chi connectivity index (χ1n) is 6.03. The van der Waals surface area contributed by atoms with Crippen molar-refractivity contribution >= 4 is 21.6 Å². The molecule has 0 heterocycles. The Morgan fingerprint density at radius 1 is 1.21 bits per heavy atom. The number of nitrogens with one attached hydrogen (secondary N) is 1. The van der Waals surface area contributed by atoms with E-state index in [-0.39, 0.29) is 23.1 Å². The average molecular weight is 310 g/mol. The fourth-order valence-corrected chi connectivity index (χ4v) is 3.14. The molecule has 7 heteroatoms. The molecule has 108 valence electrons. The van der Waals surface area contributed by atoms with Crippen molar-refractivity contribution in [2.45, 2.75) is 30.6 Å². The Labute approximate surface area is 117 Å². The first kappa shape index (κ1) is 16.4. The van der Waals surface area contributed by atoms with Gasteiger partial charge in [-0.1, -0.05) is 24.4 Å². The van der Waals surface area contributed by atoms with Crippen molar-refractivity contribution in [2.75, 3.05) is 13.2 Å². The lowest BCUT2D eigenvalue weighted by molar-refractivity contribution is 0.282. The third-order valence-corrected chi connectivity index (χ3v) is 4.50. The number of rotatable bonds is 8. The third-order valence-electron chi connectivity index (χ3n) is 2.56. The van der Waals surface area contributed by atoms with Crippen molar-refractivity contribution in [1.82, 2.24) is 4.72 Å². The molecule has 1 rings (SSSR count). The Balaban J connectivity index is 2.54. The molecule has 0 unspecified atom stereocenters. The second-order valence-corrected chi connectivity index (χ2v) is 6.25. The molecule has 0 amide bonds. The van der Waals surface area contributed by atoms with Crippen molar-refractivity contribution in [3.63, 3.8) is 0 Å². The van der Waals surface area contributed by atoms with Gasteiger partial charge in [-0.15, -0.1) is 0 Å². The molecule has 0 aliphatic rings. The Morgan fingerprint density at radius 2 is 1.89 bits per heavy atom. The summed E-state index contributed by atoms with van der Waals surface area (Å²) in [6.45, 7) is 0.408. The van der Waals surface area contributed by atoms with Crippen molar-refractivity contribution in [1.29, 1.82) is 0 Å². The molecule has 2 N–H and O–H groups in total. The van der Waals surface area contributed by atoms with Crippen LogP contribution in [0.25, 0.3) is 0 Å². The van der Waals surface area contributed by atoms with Gasteiger partial charge in [0, 0.05) is 13.2 Å². The number of hydrogen-bond donors (Lipinski definition) is 2. The maximum absolute atomic E-state index is 13.0. The minimum Gasteiger partial charge on any atom is -0.396 e. The van der Waals surface area contributed by atoms with Gasteiger partial charge in [-0.3, -0.25) is 0 Å². The summed E-state index contributed by atoms with van der Waals surface area (Å²) in [5, 5.41) is 8.59. The molecule has 0 fully saturated rings. The molecule has 1 aromatic rings. The Morgan fingerprint density at radius 3 is 2.58 bits per heavy atom. The van der Waals surface area contributed by atoms with Gasteiger partial charge < -0.3 is 5.11 Å². The van der Waals surface area contributed by atoms with Crippen LogP contribution in [0.2, 0.25) is 5.02 Å². The first-order valence-corrected chi connectivity index (χ1v) is 7.89. The zero-order valence-electron chi connectivity index (χ0n) is 10.4. The SMILES string of the molecule is O=S(=O)(NCCCCCCO)c1cc(F)ccc1Cl. The van der Waals surface area contributed by atoms with E-state index in [4.69, 9.17) is 16.7 Å². The van der Waals surface area contributed by atoms with Gasteiger partial charge in [-0.05, 0) is 31.0 Å². The molecule has 0 aromatic heterocycles. The van der Waals surface area contributed by atoms with Crippen molar-refractivity contribution in [2.24, 2.45) is 0 Å². The second-order valence-electron chi connectivity index (χ2n) is 4.11. The first-order chi connectivity index (χ1) is 8.97. The predicted octanol–water partition coefficient (Wildman–Crippen LogP) is 2.31. The lowest BCUT2D eigenvalue weighted by atomic mass is 10.2. The molecule has 0 bridgehead atoms. The van der Waals surface area contributed by atoms with Crippen molar-refractivity contribution in [3.8, 4) is 0 Å². The molecular weight excluding hydrogens is 293 g/mol. The number of aliphatic hydroxyl groups is 1. The fraction of sp³-hybridized carbons (Fsp3) is 0.500. The molecule has 0 saturated heterocycles. The third kappa shape index (κ3) is 5.44. The van der Waals surface area contributed by atoms with Crippen LogP contribution in [0.4, 0.5) is 4.39 Å². The molecule has 1 aromatic carbocycles. The summed E-state index contributed by atoms with van der Waals surface area (Å²) in [6.07, 6.45) is 3.04. The maximum Gasteiger partial charge on any atom is 0.242 e. The highest BCUT2D eigenvalue weighted by molar-refractivity contribution is 7.89. The standard InChI is InChI=1S/C12H17ClFNO3S/c13-11-6-5-10(14)9-12(11)19(17,18)15-7-3-1-2-4-8-16/h5-6,9,15-16H,1-4,7-8H2. The van der Waals surface area contributed by atoms with Crippen LogP contribution in [0.3, 0.4) is 0 Å². The van der Waals surface area contributed by atoms with Crippen LogP contribution in [0.5, 0.6) is 0 Å². The maximum atomic E-state index is 13.0. The van der Waals surface area contributed by atoms with Gasteiger partial charge in [0.1, 0.15) is 10.7 Å². The zero-order valence-corrected chi connectivity index (χ0v) is 12.0. The summed E-state index contributed by atoms with van der Waals surface area (Å²) >= 11 is 5.75. The molecule has 0 saturated carbocycles. The topological polar surface area (TPSA) is 66.4 Å². The highest BCUT2D eigenvalue weighted by atomic mass is 35.5. The summed E-state index contributed by atoms with van der Waals surface area (Å²) in [7, 11) is -3.78. The van der Waals surface area contributed by atoms with Crippen LogP contribution < -0.4 is 4.72 Å². The minimum atomic E-state index is -3.78. The van der Waals surface area contributed by atoms with Gasteiger partial charge in [0.2, 0.25) is 10.0 Å². The number of benzene rings is 1. The van der Waals surface area contributed by atoms with Crippen molar-refractivity contribution < 1.29 is 17.9 Å². The zero-order chi connectivity index (χ0) is 14.3. The van der Waals surface area contributed by atoms with E-state index in [0.717, 1.165) is 25.0 Å². The predicted molar refractivity (Wildman–Crippen MR) is 72.2 cm³/mol.